The minimum Gasteiger partial charge on any atom is -0.258 e. The van der Waals surface area contributed by atoms with Gasteiger partial charge in [-0.2, -0.15) is 0 Å². The number of nitro benzene ring substituents is 1. The Morgan fingerprint density at radius 3 is 2.67 bits per heavy atom. The Kier molecular flexibility index (Phi) is 2.07. The highest BCUT2D eigenvalue weighted by Gasteiger charge is 2.12. The number of hydrogen-bond donors (Lipinski definition) is 0. The molecule has 0 aliphatic heterocycles. The second-order valence-electron chi connectivity index (χ2n) is 3.40. The molecule has 0 aliphatic carbocycles. The van der Waals surface area contributed by atoms with Crippen molar-refractivity contribution in [3.63, 3.8) is 0 Å². The lowest BCUT2D eigenvalue weighted by molar-refractivity contribution is -0.385. The van der Waals surface area contributed by atoms with Crippen molar-refractivity contribution in [2.24, 2.45) is 0 Å². The molecule has 0 saturated heterocycles. The average Bonchev–Trinajstić information content (AvgIpc) is 2.15. The number of nitro groups is 1. The van der Waals surface area contributed by atoms with E-state index in [1.54, 1.807) is 19.2 Å². The number of rotatable bonds is 1. The summed E-state index contributed by atoms with van der Waals surface area (Å²) in [5.41, 5.74) is 2.74. The molecule has 0 bridgehead atoms. The molecular formula is C10H9N3O2. The molecule has 0 saturated carbocycles. The van der Waals surface area contributed by atoms with Gasteiger partial charge in [0.2, 0.25) is 0 Å². The Labute approximate surface area is 85.9 Å². The number of fused-ring (bicyclic) bond motifs is 1. The highest BCUT2D eigenvalue weighted by atomic mass is 16.6. The van der Waals surface area contributed by atoms with Gasteiger partial charge in [0.15, 0.2) is 0 Å². The van der Waals surface area contributed by atoms with Crippen molar-refractivity contribution in [2.75, 3.05) is 0 Å². The van der Waals surface area contributed by atoms with Crippen molar-refractivity contribution in [1.82, 2.24) is 9.97 Å². The predicted octanol–water partition coefficient (Wildman–Crippen LogP) is 2.15. The predicted molar refractivity (Wildman–Crippen MR) is 55.7 cm³/mol. The van der Waals surface area contributed by atoms with Crippen molar-refractivity contribution < 1.29 is 4.92 Å². The van der Waals surface area contributed by atoms with Gasteiger partial charge in [-0.15, -0.1) is 0 Å². The summed E-state index contributed by atoms with van der Waals surface area (Å²) in [5.74, 6) is 0. The number of benzene rings is 1. The van der Waals surface area contributed by atoms with Gasteiger partial charge in [0.1, 0.15) is 0 Å². The van der Waals surface area contributed by atoms with Crippen LogP contribution in [0.5, 0.6) is 0 Å². The molecule has 2 aromatic rings. The van der Waals surface area contributed by atoms with Crippen LogP contribution in [0.3, 0.4) is 0 Å². The molecule has 0 spiro atoms. The Hall–Kier alpha value is -2.04. The van der Waals surface area contributed by atoms with Gasteiger partial charge in [0.25, 0.3) is 5.69 Å². The molecular weight excluding hydrogens is 194 g/mol. The van der Waals surface area contributed by atoms with Crippen LogP contribution in [0.4, 0.5) is 5.69 Å². The second-order valence-corrected chi connectivity index (χ2v) is 3.40. The summed E-state index contributed by atoms with van der Waals surface area (Å²) in [4.78, 5) is 18.6. The minimum atomic E-state index is -0.406. The van der Waals surface area contributed by atoms with Gasteiger partial charge in [-0.3, -0.25) is 15.1 Å². The van der Waals surface area contributed by atoms with Gasteiger partial charge >= 0.3 is 0 Å². The van der Waals surface area contributed by atoms with E-state index >= 15 is 0 Å². The van der Waals surface area contributed by atoms with Crippen molar-refractivity contribution in [3.8, 4) is 0 Å². The first-order valence-corrected chi connectivity index (χ1v) is 4.46. The van der Waals surface area contributed by atoms with Crippen LogP contribution in [-0.2, 0) is 0 Å². The first-order valence-electron chi connectivity index (χ1n) is 4.46. The van der Waals surface area contributed by atoms with Gasteiger partial charge in [0, 0.05) is 17.8 Å². The molecule has 5 heteroatoms. The van der Waals surface area contributed by atoms with E-state index in [-0.39, 0.29) is 5.69 Å². The van der Waals surface area contributed by atoms with Gasteiger partial charge < -0.3 is 0 Å². The van der Waals surface area contributed by atoms with Crippen LogP contribution < -0.4 is 0 Å². The largest absolute Gasteiger partial charge is 0.274 e. The van der Waals surface area contributed by atoms with Gasteiger partial charge in [0.05, 0.1) is 21.7 Å². The van der Waals surface area contributed by atoms with Crippen molar-refractivity contribution in [3.05, 3.63) is 39.7 Å². The SMILES string of the molecule is Cc1cnc2cc([N+](=O)[O-])c(C)cc2n1. The van der Waals surface area contributed by atoms with Crippen LogP contribution in [0, 0.1) is 24.0 Å². The molecule has 0 amide bonds. The van der Waals surface area contributed by atoms with E-state index in [0.717, 1.165) is 5.69 Å². The van der Waals surface area contributed by atoms with Crippen LogP contribution in [0.2, 0.25) is 0 Å². The maximum absolute atomic E-state index is 10.7. The molecule has 0 unspecified atom stereocenters. The van der Waals surface area contributed by atoms with E-state index in [4.69, 9.17) is 0 Å². The minimum absolute atomic E-state index is 0.0839. The monoisotopic (exact) mass is 203 g/mol. The molecule has 0 radical (unpaired) electrons. The number of nitrogens with zero attached hydrogens (tertiary/aromatic N) is 3. The van der Waals surface area contributed by atoms with E-state index < -0.39 is 4.92 Å². The maximum Gasteiger partial charge on any atom is 0.274 e. The average molecular weight is 203 g/mol. The molecule has 0 N–H and O–H groups in total. The highest BCUT2D eigenvalue weighted by Crippen LogP contribution is 2.22. The summed E-state index contributed by atoms with van der Waals surface area (Å²) in [6.45, 7) is 3.53. The smallest absolute Gasteiger partial charge is 0.258 e. The Morgan fingerprint density at radius 1 is 1.27 bits per heavy atom. The summed E-state index contributed by atoms with van der Waals surface area (Å²) >= 11 is 0. The lowest BCUT2D eigenvalue weighted by Gasteiger charge is -2.00. The van der Waals surface area contributed by atoms with Crippen molar-refractivity contribution in [1.29, 1.82) is 0 Å². The fraction of sp³-hybridized carbons (Fsp3) is 0.200. The molecule has 76 valence electrons. The first-order chi connectivity index (χ1) is 7.08. The van der Waals surface area contributed by atoms with Gasteiger partial charge in [-0.05, 0) is 19.9 Å². The zero-order chi connectivity index (χ0) is 11.0. The molecule has 5 nitrogen and oxygen atoms in total. The van der Waals surface area contributed by atoms with Crippen LogP contribution in [0.1, 0.15) is 11.3 Å². The zero-order valence-corrected chi connectivity index (χ0v) is 8.39. The summed E-state index contributed by atoms with van der Waals surface area (Å²) in [5, 5.41) is 10.7. The Bertz CT molecular complexity index is 552. The van der Waals surface area contributed by atoms with E-state index in [1.165, 1.54) is 6.07 Å². The maximum atomic E-state index is 10.7. The van der Waals surface area contributed by atoms with Gasteiger partial charge in [-0.25, -0.2) is 4.98 Å². The molecule has 1 heterocycles. The van der Waals surface area contributed by atoms with Crippen LogP contribution in [-0.4, -0.2) is 14.9 Å². The van der Waals surface area contributed by atoms with E-state index in [0.29, 0.717) is 16.6 Å². The topological polar surface area (TPSA) is 68.9 Å². The highest BCUT2D eigenvalue weighted by molar-refractivity contribution is 5.78. The van der Waals surface area contributed by atoms with Crippen molar-refractivity contribution >= 4 is 16.7 Å². The number of aryl methyl sites for hydroxylation is 2. The van der Waals surface area contributed by atoms with Crippen LogP contribution >= 0.6 is 0 Å². The summed E-state index contributed by atoms with van der Waals surface area (Å²) in [6, 6.07) is 3.14. The second kappa shape index (κ2) is 3.27. The third kappa shape index (κ3) is 1.63. The lowest BCUT2D eigenvalue weighted by atomic mass is 10.1. The lowest BCUT2D eigenvalue weighted by Crippen LogP contribution is -1.94. The Morgan fingerprint density at radius 2 is 2.00 bits per heavy atom. The normalized spacial score (nSPS) is 10.5. The fourth-order valence-corrected chi connectivity index (χ4v) is 1.44. The molecule has 1 aromatic carbocycles. The number of aromatic nitrogens is 2. The molecule has 2 rings (SSSR count). The number of hydrogen-bond acceptors (Lipinski definition) is 4. The van der Waals surface area contributed by atoms with Gasteiger partial charge in [-0.1, -0.05) is 0 Å². The van der Waals surface area contributed by atoms with Crippen LogP contribution in [0.15, 0.2) is 18.3 Å². The molecule has 1 aromatic heterocycles. The third-order valence-electron chi connectivity index (χ3n) is 2.18. The summed E-state index contributed by atoms with van der Waals surface area (Å²) in [7, 11) is 0. The molecule has 0 fully saturated rings. The van der Waals surface area contributed by atoms with E-state index in [9.17, 15) is 10.1 Å². The fourth-order valence-electron chi connectivity index (χ4n) is 1.44. The van der Waals surface area contributed by atoms with E-state index in [2.05, 4.69) is 9.97 Å². The van der Waals surface area contributed by atoms with E-state index in [1.807, 2.05) is 6.92 Å². The zero-order valence-electron chi connectivity index (χ0n) is 8.39. The summed E-state index contributed by atoms with van der Waals surface area (Å²) in [6.07, 6.45) is 1.60. The molecule has 0 aliphatic rings. The molecule has 0 atom stereocenters. The standard InChI is InChI=1S/C10H9N3O2/c1-6-3-9-8(4-10(6)13(14)15)11-5-7(2)12-9/h3-5H,1-2H3. The summed E-state index contributed by atoms with van der Waals surface area (Å²) < 4.78 is 0. The van der Waals surface area contributed by atoms with Crippen molar-refractivity contribution in [2.45, 2.75) is 13.8 Å². The van der Waals surface area contributed by atoms with Crippen LogP contribution in [0.25, 0.3) is 11.0 Å². The Balaban J connectivity index is 2.76. The molecule has 15 heavy (non-hydrogen) atoms. The third-order valence-corrected chi connectivity index (χ3v) is 2.18. The quantitative estimate of drug-likeness (QED) is 0.526. The first kappa shape index (κ1) is 9.51.